The predicted molar refractivity (Wildman–Crippen MR) is 215 cm³/mol. The Morgan fingerprint density at radius 1 is 0.481 bits per heavy atom. The molecule has 7 aliphatic rings. The topological polar surface area (TPSA) is 3.24 Å². The van der Waals surface area contributed by atoms with Crippen molar-refractivity contribution in [1.82, 2.24) is 0 Å². The Morgan fingerprint density at radius 2 is 1.04 bits per heavy atom. The number of fused-ring (bicyclic) bond motifs is 12. The molecule has 260 valence electrons. The second kappa shape index (κ2) is 9.33. The molecular weight excluding hydrogens is 627 g/mol. The van der Waals surface area contributed by atoms with Crippen LogP contribution in [-0.2, 0) is 21.7 Å². The van der Waals surface area contributed by atoms with E-state index in [1.807, 2.05) is 0 Å². The first-order valence-corrected chi connectivity index (χ1v) is 20.4. The van der Waals surface area contributed by atoms with Crippen molar-refractivity contribution >= 4 is 17.1 Å². The van der Waals surface area contributed by atoms with Crippen molar-refractivity contribution in [2.75, 3.05) is 4.90 Å². The molecule has 0 saturated heterocycles. The number of nitrogens with zero attached hydrogens (tertiary/aromatic N) is 1. The van der Waals surface area contributed by atoms with Crippen molar-refractivity contribution in [3.63, 3.8) is 0 Å². The van der Waals surface area contributed by atoms with Gasteiger partial charge in [-0.2, -0.15) is 0 Å². The summed E-state index contributed by atoms with van der Waals surface area (Å²) in [7, 11) is 0. The van der Waals surface area contributed by atoms with Crippen LogP contribution in [0.5, 0.6) is 0 Å². The zero-order valence-corrected chi connectivity index (χ0v) is 31.8. The molecule has 12 rings (SSSR count). The molecule has 4 saturated carbocycles. The highest BCUT2D eigenvalue weighted by Gasteiger charge is 2.84. The van der Waals surface area contributed by atoms with Crippen LogP contribution in [-0.4, -0.2) is 0 Å². The van der Waals surface area contributed by atoms with Gasteiger partial charge < -0.3 is 4.90 Å². The maximum Gasteiger partial charge on any atom is 0.0468 e. The summed E-state index contributed by atoms with van der Waals surface area (Å²) in [4.78, 5) is 2.63. The van der Waals surface area contributed by atoms with Crippen molar-refractivity contribution in [1.29, 1.82) is 0 Å². The molecule has 5 aromatic carbocycles. The van der Waals surface area contributed by atoms with Gasteiger partial charge >= 0.3 is 0 Å². The summed E-state index contributed by atoms with van der Waals surface area (Å²) in [6.07, 6.45) is 8.33. The lowest BCUT2D eigenvalue weighted by molar-refractivity contribution is -0.231. The fourth-order valence-corrected chi connectivity index (χ4v) is 14.5. The van der Waals surface area contributed by atoms with Gasteiger partial charge in [0.15, 0.2) is 0 Å². The molecule has 5 aromatic rings. The van der Waals surface area contributed by atoms with E-state index in [-0.39, 0.29) is 21.7 Å². The molecule has 1 nitrogen and oxygen atoms in total. The van der Waals surface area contributed by atoms with Crippen LogP contribution in [0.25, 0.3) is 22.3 Å². The van der Waals surface area contributed by atoms with Gasteiger partial charge in [0.25, 0.3) is 0 Å². The SMILES string of the molecule is CC1(C)CCC(C)(C)c2cc(N(c3ccc4c(c3)-c3ccccc3C4(C)C)c3ccc4c(c3)C3(c5ccccc5-4)C4CC5CC6CC3C64C5)ccc21. The molecular formula is C51H51N. The van der Waals surface area contributed by atoms with Crippen LogP contribution in [0.2, 0.25) is 0 Å². The van der Waals surface area contributed by atoms with Crippen LogP contribution < -0.4 is 4.90 Å². The highest BCUT2D eigenvalue weighted by atomic mass is 15.1. The number of anilines is 3. The van der Waals surface area contributed by atoms with Gasteiger partial charge in [0.05, 0.1) is 0 Å². The van der Waals surface area contributed by atoms with Gasteiger partial charge in [-0.05, 0) is 170 Å². The predicted octanol–water partition coefficient (Wildman–Crippen LogP) is 13.1. The zero-order valence-electron chi connectivity index (χ0n) is 31.8. The van der Waals surface area contributed by atoms with Gasteiger partial charge in [-0.25, -0.2) is 0 Å². The van der Waals surface area contributed by atoms with Gasteiger partial charge in [0.2, 0.25) is 0 Å². The summed E-state index contributed by atoms with van der Waals surface area (Å²) >= 11 is 0. The molecule has 0 heterocycles. The van der Waals surface area contributed by atoms with Crippen LogP contribution >= 0.6 is 0 Å². The summed E-state index contributed by atoms with van der Waals surface area (Å²) in [5, 5.41) is 0. The Balaban J connectivity index is 1.08. The van der Waals surface area contributed by atoms with Gasteiger partial charge in [-0.3, -0.25) is 0 Å². The maximum absolute atomic E-state index is 2.68. The van der Waals surface area contributed by atoms with Crippen LogP contribution in [0, 0.1) is 29.1 Å². The molecule has 52 heavy (non-hydrogen) atoms. The lowest BCUT2D eigenvalue weighted by Crippen LogP contribution is -2.73. The van der Waals surface area contributed by atoms with E-state index in [0.717, 1.165) is 23.7 Å². The monoisotopic (exact) mass is 677 g/mol. The number of benzene rings is 5. The minimum absolute atomic E-state index is 0.01000. The fraction of sp³-hybridized carbons (Fsp3) is 0.412. The van der Waals surface area contributed by atoms with Crippen molar-refractivity contribution in [2.24, 2.45) is 29.1 Å². The number of hydrogen-bond donors (Lipinski definition) is 0. The van der Waals surface area contributed by atoms with E-state index in [2.05, 4.69) is 150 Å². The molecule has 0 N–H and O–H groups in total. The second-order valence-corrected chi connectivity index (χ2v) is 20.1. The summed E-state index contributed by atoms with van der Waals surface area (Å²) in [6, 6.07) is 41.2. The molecule has 1 heteroatoms. The van der Waals surface area contributed by atoms with Gasteiger partial charge in [0.1, 0.15) is 0 Å². The standard InChI is InChI=1S/C51H51N/c1-47(2)21-22-48(3,4)44-28-34(17-20-42(44)47)52(32-16-19-40-38(26-32)36-12-7-9-13-39(36)49(40,5)6)33-15-18-37-35-11-8-10-14-41(35)51(43(37)27-33)45-24-30-23-31-25-46(51)50(31,45)29-30/h7-20,26-28,30-31,45-46H,21-25,29H2,1-6H3. The van der Waals surface area contributed by atoms with E-state index in [4.69, 9.17) is 0 Å². The van der Waals surface area contributed by atoms with E-state index in [0.29, 0.717) is 5.41 Å². The van der Waals surface area contributed by atoms with Crippen LogP contribution in [0.4, 0.5) is 17.1 Å². The molecule has 4 fully saturated rings. The lowest BCUT2D eigenvalue weighted by Gasteiger charge is -2.76. The molecule has 0 amide bonds. The molecule has 6 unspecified atom stereocenters. The fourth-order valence-electron chi connectivity index (χ4n) is 14.5. The maximum atomic E-state index is 2.68. The van der Waals surface area contributed by atoms with Crippen LogP contribution in [0.1, 0.15) is 113 Å². The first-order chi connectivity index (χ1) is 25.0. The Hall–Kier alpha value is -4.10. The Kier molecular flexibility index (Phi) is 5.45. The Bertz CT molecular complexity index is 2410. The molecule has 7 aliphatic carbocycles. The highest BCUT2D eigenvalue weighted by Crippen LogP contribution is 2.89. The third-order valence-electron chi connectivity index (χ3n) is 16.8. The largest absolute Gasteiger partial charge is 0.310 e. The first-order valence-electron chi connectivity index (χ1n) is 20.4. The minimum atomic E-state index is -0.01000. The smallest absolute Gasteiger partial charge is 0.0468 e. The average molecular weight is 678 g/mol. The normalized spacial score (nSPS) is 31.8. The van der Waals surface area contributed by atoms with E-state index in [1.54, 1.807) is 11.1 Å². The summed E-state index contributed by atoms with van der Waals surface area (Å²) in [5.41, 5.74) is 20.0. The summed E-state index contributed by atoms with van der Waals surface area (Å²) in [5.74, 6) is 3.56. The molecule has 0 radical (unpaired) electrons. The van der Waals surface area contributed by atoms with Crippen LogP contribution in [0.15, 0.2) is 103 Å². The van der Waals surface area contributed by atoms with Crippen molar-refractivity contribution in [2.45, 2.75) is 102 Å². The quantitative estimate of drug-likeness (QED) is 0.184. The van der Waals surface area contributed by atoms with Gasteiger partial charge in [0, 0.05) is 27.9 Å². The number of rotatable bonds is 3. The van der Waals surface area contributed by atoms with Gasteiger partial charge in [-0.15, -0.1) is 0 Å². The Labute approximate surface area is 310 Å². The zero-order chi connectivity index (χ0) is 35.2. The van der Waals surface area contributed by atoms with Gasteiger partial charge in [-0.1, -0.05) is 108 Å². The lowest BCUT2D eigenvalue weighted by atomic mass is 9.27. The number of hydrogen-bond acceptors (Lipinski definition) is 1. The molecule has 2 bridgehead atoms. The third-order valence-corrected chi connectivity index (χ3v) is 16.8. The second-order valence-electron chi connectivity index (χ2n) is 20.1. The summed E-state index contributed by atoms with van der Waals surface area (Å²) < 4.78 is 0. The molecule has 0 aromatic heterocycles. The third kappa shape index (κ3) is 3.32. The van der Waals surface area contributed by atoms with E-state index in [1.165, 1.54) is 100 Å². The van der Waals surface area contributed by atoms with E-state index < -0.39 is 0 Å². The van der Waals surface area contributed by atoms with Crippen molar-refractivity contribution in [3.05, 3.63) is 137 Å². The highest BCUT2D eigenvalue weighted by molar-refractivity contribution is 5.90. The van der Waals surface area contributed by atoms with Crippen LogP contribution in [0.3, 0.4) is 0 Å². The Morgan fingerprint density at radius 3 is 1.79 bits per heavy atom. The molecule has 0 aliphatic heterocycles. The molecule has 6 atom stereocenters. The minimum Gasteiger partial charge on any atom is -0.310 e. The molecule has 2 spiro atoms. The first kappa shape index (κ1) is 30.4. The van der Waals surface area contributed by atoms with E-state index in [9.17, 15) is 0 Å². The summed E-state index contributed by atoms with van der Waals surface area (Å²) in [6.45, 7) is 14.6. The average Bonchev–Trinajstić information content (AvgIpc) is 3.82. The van der Waals surface area contributed by atoms with Crippen molar-refractivity contribution in [3.8, 4) is 22.3 Å². The van der Waals surface area contributed by atoms with E-state index >= 15 is 0 Å². The van der Waals surface area contributed by atoms with Crippen molar-refractivity contribution < 1.29 is 0 Å².